The van der Waals surface area contributed by atoms with Crippen LogP contribution in [-0.2, 0) is 32.6 Å². The van der Waals surface area contributed by atoms with Gasteiger partial charge in [-0.05, 0) is 56.2 Å². The third-order valence-electron chi connectivity index (χ3n) is 6.69. The van der Waals surface area contributed by atoms with Gasteiger partial charge in [-0.3, -0.25) is 13.9 Å². The van der Waals surface area contributed by atoms with Gasteiger partial charge in [0.1, 0.15) is 24.2 Å². The van der Waals surface area contributed by atoms with E-state index in [4.69, 9.17) is 4.74 Å². The molecule has 3 aromatic rings. The normalized spacial score (nSPS) is 12.7. The van der Waals surface area contributed by atoms with Gasteiger partial charge in [0, 0.05) is 24.6 Å². The maximum atomic E-state index is 14.8. The Bertz CT molecular complexity index is 1400. The highest BCUT2D eigenvalue weighted by Crippen LogP contribution is 2.23. The van der Waals surface area contributed by atoms with E-state index < -0.39 is 40.2 Å². The number of carbonyl (C=O) groups is 2. The number of carbonyl (C=O) groups excluding carboxylic acids is 2. The minimum absolute atomic E-state index is 0.158. The number of hydrogen-bond acceptors (Lipinski definition) is 5. The van der Waals surface area contributed by atoms with Crippen LogP contribution in [-0.4, -0.2) is 56.6 Å². The molecule has 0 aliphatic carbocycles. The number of halogens is 1. The Morgan fingerprint density at radius 2 is 1.59 bits per heavy atom. The molecule has 0 aliphatic heterocycles. The summed E-state index contributed by atoms with van der Waals surface area (Å²) in [4.78, 5) is 29.0. The van der Waals surface area contributed by atoms with Crippen molar-refractivity contribution in [2.24, 2.45) is 0 Å². The predicted molar refractivity (Wildman–Crippen MR) is 159 cm³/mol. The number of amides is 2. The summed E-state index contributed by atoms with van der Waals surface area (Å²) in [5.41, 5.74) is 1.27. The third-order valence-corrected chi connectivity index (χ3v) is 7.83. The molecule has 8 nitrogen and oxygen atoms in total. The average Bonchev–Trinajstić information content (AvgIpc) is 2.95. The summed E-state index contributed by atoms with van der Waals surface area (Å²) in [5.74, 6) is -1.02. The molecule has 2 atom stereocenters. The highest BCUT2D eigenvalue weighted by atomic mass is 32.2. The zero-order chi connectivity index (χ0) is 30.0. The van der Waals surface area contributed by atoms with Gasteiger partial charge in [-0.25, -0.2) is 12.8 Å². The van der Waals surface area contributed by atoms with Crippen LogP contribution in [0, 0.1) is 5.82 Å². The average molecular weight is 584 g/mol. The molecule has 0 saturated carbocycles. The van der Waals surface area contributed by atoms with Crippen LogP contribution in [0.4, 0.5) is 10.1 Å². The Balaban J connectivity index is 2.05. The van der Waals surface area contributed by atoms with Crippen LogP contribution in [0.15, 0.2) is 78.9 Å². The second-order valence-electron chi connectivity index (χ2n) is 9.83. The van der Waals surface area contributed by atoms with Gasteiger partial charge in [0.25, 0.3) is 0 Å². The zero-order valence-corrected chi connectivity index (χ0v) is 24.7. The van der Waals surface area contributed by atoms with Gasteiger partial charge in [-0.1, -0.05) is 55.5 Å². The van der Waals surface area contributed by atoms with Crippen LogP contribution in [0.2, 0.25) is 0 Å². The monoisotopic (exact) mass is 583 g/mol. The number of benzene rings is 3. The molecular weight excluding hydrogens is 545 g/mol. The molecule has 0 fully saturated rings. The maximum absolute atomic E-state index is 14.8. The number of ether oxygens (including phenoxy) is 1. The maximum Gasteiger partial charge on any atom is 0.244 e. The highest BCUT2D eigenvalue weighted by Gasteiger charge is 2.33. The molecular formula is C31H38FN3O5S. The molecule has 2 amide bonds. The van der Waals surface area contributed by atoms with Gasteiger partial charge < -0.3 is 15.0 Å². The lowest BCUT2D eigenvalue weighted by molar-refractivity contribution is -0.140. The molecule has 0 aromatic heterocycles. The smallest absolute Gasteiger partial charge is 0.244 e. The molecule has 0 saturated heterocycles. The van der Waals surface area contributed by atoms with Crippen LogP contribution in [0.25, 0.3) is 0 Å². The van der Waals surface area contributed by atoms with Crippen LogP contribution in [0.1, 0.15) is 38.3 Å². The van der Waals surface area contributed by atoms with Crippen molar-refractivity contribution in [2.45, 2.75) is 52.2 Å². The van der Waals surface area contributed by atoms with Gasteiger partial charge in [0.2, 0.25) is 21.8 Å². The van der Waals surface area contributed by atoms with E-state index in [1.807, 2.05) is 51.1 Å². The van der Waals surface area contributed by atoms with Crippen molar-refractivity contribution in [3.8, 4) is 5.75 Å². The van der Waals surface area contributed by atoms with Crippen LogP contribution >= 0.6 is 0 Å². The Hall–Kier alpha value is -3.92. The summed E-state index contributed by atoms with van der Waals surface area (Å²) in [6.07, 6.45) is 1.84. The van der Waals surface area contributed by atoms with E-state index in [-0.39, 0.29) is 30.3 Å². The first-order valence-electron chi connectivity index (χ1n) is 13.6. The molecule has 0 spiro atoms. The Morgan fingerprint density at radius 3 is 2.17 bits per heavy atom. The molecule has 0 heterocycles. The number of anilines is 1. The number of hydrogen-bond donors (Lipinski definition) is 1. The minimum Gasteiger partial charge on any atom is -0.494 e. The van der Waals surface area contributed by atoms with E-state index >= 15 is 0 Å². The van der Waals surface area contributed by atoms with Crippen LogP contribution < -0.4 is 14.4 Å². The molecule has 220 valence electrons. The molecule has 3 rings (SSSR count). The molecule has 0 aliphatic rings. The summed E-state index contributed by atoms with van der Waals surface area (Å²) in [6.45, 7) is 5.27. The number of nitrogens with one attached hydrogen (secondary N) is 1. The predicted octanol–water partition coefficient (Wildman–Crippen LogP) is 4.55. The molecule has 0 bridgehead atoms. The van der Waals surface area contributed by atoms with Crippen LogP contribution in [0.5, 0.6) is 5.75 Å². The van der Waals surface area contributed by atoms with Crippen LogP contribution in [0.3, 0.4) is 0 Å². The van der Waals surface area contributed by atoms with E-state index in [0.29, 0.717) is 18.8 Å². The van der Waals surface area contributed by atoms with Crippen molar-refractivity contribution in [1.82, 2.24) is 10.2 Å². The van der Waals surface area contributed by atoms with Crippen molar-refractivity contribution >= 4 is 27.5 Å². The summed E-state index contributed by atoms with van der Waals surface area (Å²) in [6, 6.07) is 20.4. The summed E-state index contributed by atoms with van der Waals surface area (Å²) in [5, 5.41) is 2.95. The molecule has 41 heavy (non-hydrogen) atoms. The second-order valence-corrected chi connectivity index (χ2v) is 11.7. The fourth-order valence-corrected chi connectivity index (χ4v) is 5.14. The number of rotatable bonds is 14. The van der Waals surface area contributed by atoms with E-state index in [2.05, 4.69) is 5.32 Å². The van der Waals surface area contributed by atoms with E-state index in [9.17, 15) is 22.4 Å². The Labute approximate surface area is 242 Å². The first-order valence-corrected chi connectivity index (χ1v) is 15.5. The standard InChI is InChI=1S/C31H38FN3O5S/c1-5-23(3)33-31(37)29(20-24-12-8-7-9-13-24)34(21-25-14-10-11-15-28(25)32)30(36)22-35(41(4,38)39)26-16-18-27(19-17-26)40-6-2/h7-19,23,29H,5-6,20-22H2,1-4H3,(H,33,37)/t23-,29+/m0/s1. The summed E-state index contributed by atoms with van der Waals surface area (Å²) in [7, 11) is -3.91. The quantitative estimate of drug-likeness (QED) is 0.301. The van der Waals surface area contributed by atoms with Gasteiger partial charge in [-0.2, -0.15) is 0 Å². The molecule has 10 heteroatoms. The fraction of sp³-hybridized carbons (Fsp3) is 0.355. The van der Waals surface area contributed by atoms with Gasteiger partial charge >= 0.3 is 0 Å². The first-order chi connectivity index (χ1) is 19.5. The lowest BCUT2D eigenvalue weighted by atomic mass is 10.0. The van der Waals surface area contributed by atoms with Gasteiger partial charge in [-0.15, -0.1) is 0 Å². The lowest BCUT2D eigenvalue weighted by Crippen LogP contribution is -2.54. The summed E-state index contributed by atoms with van der Waals surface area (Å²) >= 11 is 0. The summed E-state index contributed by atoms with van der Waals surface area (Å²) < 4.78 is 47.0. The molecule has 0 radical (unpaired) electrons. The number of nitrogens with zero attached hydrogens (tertiary/aromatic N) is 2. The topological polar surface area (TPSA) is 96.0 Å². The molecule has 1 N–H and O–H groups in total. The SMILES string of the molecule is CCOc1ccc(N(CC(=O)N(Cc2ccccc2F)[C@H](Cc2ccccc2)C(=O)N[C@@H](C)CC)S(C)(=O)=O)cc1. The second kappa shape index (κ2) is 14.6. The molecule has 0 unspecified atom stereocenters. The van der Waals surface area contributed by atoms with E-state index in [0.717, 1.165) is 16.1 Å². The molecule has 3 aromatic carbocycles. The Morgan fingerprint density at radius 1 is 0.951 bits per heavy atom. The lowest BCUT2D eigenvalue weighted by Gasteiger charge is -2.34. The fourth-order valence-electron chi connectivity index (χ4n) is 4.29. The third kappa shape index (κ3) is 9.04. The first kappa shape index (κ1) is 31.6. The van der Waals surface area contributed by atoms with Crippen molar-refractivity contribution in [2.75, 3.05) is 23.7 Å². The van der Waals surface area contributed by atoms with Gasteiger partial charge in [0.05, 0.1) is 18.6 Å². The Kier molecular flexibility index (Phi) is 11.3. The minimum atomic E-state index is -3.91. The van der Waals surface area contributed by atoms with Crippen molar-refractivity contribution < 1.29 is 27.1 Å². The van der Waals surface area contributed by atoms with Crippen molar-refractivity contribution in [1.29, 1.82) is 0 Å². The van der Waals surface area contributed by atoms with Crippen molar-refractivity contribution in [3.05, 3.63) is 95.8 Å². The number of sulfonamides is 1. The van der Waals surface area contributed by atoms with Gasteiger partial charge in [0.15, 0.2) is 0 Å². The van der Waals surface area contributed by atoms with E-state index in [1.54, 1.807) is 42.5 Å². The van der Waals surface area contributed by atoms with E-state index in [1.165, 1.54) is 11.0 Å². The highest BCUT2D eigenvalue weighted by molar-refractivity contribution is 7.92. The largest absolute Gasteiger partial charge is 0.494 e. The zero-order valence-electron chi connectivity index (χ0n) is 23.9. The van der Waals surface area contributed by atoms with Crippen molar-refractivity contribution in [3.63, 3.8) is 0 Å².